The van der Waals surface area contributed by atoms with Crippen molar-refractivity contribution in [3.63, 3.8) is 0 Å². The van der Waals surface area contributed by atoms with Crippen LogP contribution in [0.15, 0.2) is 49.1 Å². The summed E-state index contributed by atoms with van der Waals surface area (Å²) in [6.45, 7) is 0.465. The van der Waals surface area contributed by atoms with Crippen LogP contribution in [0.2, 0.25) is 0 Å². The van der Waals surface area contributed by atoms with E-state index in [1.54, 1.807) is 24.8 Å². The lowest BCUT2D eigenvalue weighted by molar-refractivity contribution is -0.120. The summed E-state index contributed by atoms with van der Waals surface area (Å²) >= 11 is 0. The maximum Gasteiger partial charge on any atom is 0.227 e. The van der Waals surface area contributed by atoms with E-state index < -0.39 is 0 Å². The van der Waals surface area contributed by atoms with Gasteiger partial charge >= 0.3 is 0 Å². The number of hydrogen-bond donors (Lipinski definition) is 2. The van der Waals surface area contributed by atoms with Crippen molar-refractivity contribution < 1.29 is 4.79 Å². The SMILES string of the molecule is O=C(Cc1nc(-c2ccncc2)n[nH]1)NCc1ccncc1. The summed E-state index contributed by atoms with van der Waals surface area (Å²) in [5, 5.41) is 9.72. The highest BCUT2D eigenvalue weighted by Crippen LogP contribution is 2.12. The largest absolute Gasteiger partial charge is 0.352 e. The molecule has 0 aromatic carbocycles. The minimum absolute atomic E-state index is 0.116. The van der Waals surface area contributed by atoms with Crippen LogP contribution in [0.25, 0.3) is 11.4 Å². The minimum atomic E-state index is -0.116. The van der Waals surface area contributed by atoms with E-state index in [0.717, 1.165) is 11.1 Å². The second-order valence-corrected chi connectivity index (χ2v) is 4.65. The zero-order valence-corrected chi connectivity index (χ0v) is 11.7. The molecule has 22 heavy (non-hydrogen) atoms. The van der Waals surface area contributed by atoms with Gasteiger partial charge in [0, 0.05) is 36.9 Å². The smallest absolute Gasteiger partial charge is 0.227 e. The highest BCUT2D eigenvalue weighted by Gasteiger charge is 2.09. The van der Waals surface area contributed by atoms with Crippen LogP contribution in [-0.4, -0.2) is 31.1 Å². The minimum Gasteiger partial charge on any atom is -0.352 e. The number of aromatic nitrogens is 5. The summed E-state index contributed by atoms with van der Waals surface area (Å²) in [7, 11) is 0. The molecule has 0 aliphatic carbocycles. The molecule has 3 aromatic heterocycles. The predicted octanol–water partition coefficient (Wildman–Crippen LogP) is 1.12. The molecule has 110 valence electrons. The number of amides is 1. The maximum atomic E-state index is 11.9. The molecule has 0 fully saturated rings. The highest BCUT2D eigenvalue weighted by atomic mass is 16.1. The van der Waals surface area contributed by atoms with E-state index in [9.17, 15) is 4.79 Å². The van der Waals surface area contributed by atoms with E-state index in [1.807, 2.05) is 24.3 Å². The molecule has 0 aliphatic heterocycles. The number of nitrogens with zero attached hydrogens (tertiary/aromatic N) is 4. The summed E-state index contributed by atoms with van der Waals surface area (Å²) in [5.41, 5.74) is 1.85. The second-order valence-electron chi connectivity index (χ2n) is 4.65. The maximum absolute atomic E-state index is 11.9. The molecule has 0 saturated heterocycles. The number of carbonyl (C=O) groups is 1. The van der Waals surface area contributed by atoms with Crippen LogP contribution in [-0.2, 0) is 17.8 Å². The van der Waals surface area contributed by atoms with Crippen molar-refractivity contribution in [2.24, 2.45) is 0 Å². The molecule has 0 spiro atoms. The van der Waals surface area contributed by atoms with Crippen molar-refractivity contribution in [2.75, 3.05) is 0 Å². The van der Waals surface area contributed by atoms with E-state index in [1.165, 1.54) is 0 Å². The van der Waals surface area contributed by atoms with Crippen molar-refractivity contribution in [3.8, 4) is 11.4 Å². The van der Waals surface area contributed by atoms with Gasteiger partial charge in [-0.25, -0.2) is 4.98 Å². The Morgan fingerprint density at radius 2 is 1.73 bits per heavy atom. The molecule has 7 nitrogen and oxygen atoms in total. The van der Waals surface area contributed by atoms with E-state index in [0.29, 0.717) is 18.2 Å². The third kappa shape index (κ3) is 3.51. The van der Waals surface area contributed by atoms with E-state index in [-0.39, 0.29) is 12.3 Å². The van der Waals surface area contributed by atoms with Crippen LogP contribution >= 0.6 is 0 Å². The Morgan fingerprint density at radius 3 is 2.45 bits per heavy atom. The van der Waals surface area contributed by atoms with Gasteiger partial charge in [0.1, 0.15) is 5.82 Å². The van der Waals surface area contributed by atoms with Crippen LogP contribution in [0.3, 0.4) is 0 Å². The van der Waals surface area contributed by atoms with Crippen molar-refractivity contribution in [1.82, 2.24) is 30.5 Å². The Hall–Kier alpha value is -3.09. The Kier molecular flexibility index (Phi) is 4.15. The summed E-state index contributed by atoms with van der Waals surface area (Å²) in [5.74, 6) is 0.965. The van der Waals surface area contributed by atoms with E-state index >= 15 is 0 Å². The molecule has 0 radical (unpaired) electrons. The van der Waals surface area contributed by atoms with Gasteiger partial charge in [-0.3, -0.25) is 19.9 Å². The number of H-pyrrole nitrogens is 1. The van der Waals surface area contributed by atoms with Gasteiger partial charge in [0.15, 0.2) is 5.82 Å². The van der Waals surface area contributed by atoms with Crippen LogP contribution in [0.4, 0.5) is 0 Å². The van der Waals surface area contributed by atoms with Gasteiger partial charge in [0.05, 0.1) is 6.42 Å². The number of nitrogens with one attached hydrogen (secondary N) is 2. The Bertz CT molecular complexity index is 741. The molecule has 0 atom stereocenters. The highest BCUT2D eigenvalue weighted by molar-refractivity contribution is 5.77. The summed E-state index contributed by atoms with van der Waals surface area (Å²) in [6, 6.07) is 7.35. The van der Waals surface area contributed by atoms with Crippen molar-refractivity contribution in [2.45, 2.75) is 13.0 Å². The Labute approximate surface area is 126 Å². The topological polar surface area (TPSA) is 96.5 Å². The lowest BCUT2D eigenvalue weighted by atomic mass is 10.2. The summed E-state index contributed by atoms with van der Waals surface area (Å²) < 4.78 is 0. The molecule has 2 N–H and O–H groups in total. The Balaban J connectivity index is 1.57. The number of carbonyl (C=O) groups excluding carboxylic acids is 1. The van der Waals surface area contributed by atoms with Crippen molar-refractivity contribution in [3.05, 3.63) is 60.4 Å². The summed E-state index contributed by atoms with van der Waals surface area (Å²) in [6.07, 6.45) is 6.89. The number of hydrogen-bond acceptors (Lipinski definition) is 5. The molecule has 0 aliphatic rings. The van der Waals surface area contributed by atoms with E-state index in [4.69, 9.17) is 0 Å². The fourth-order valence-electron chi connectivity index (χ4n) is 1.92. The monoisotopic (exact) mass is 294 g/mol. The van der Waals surface area contributed by atoms with Crippen LogP contribution in [0.1, 0.15) is 11.4 Å². The number of aromatic amines is 1. The third-order valence-corrected chi connectivity index (χ3v) is 3.04. The van der Waals surface area contributed by atoms with Crippen molar-refractivity contribution >= 4 is 5.91 Å². The van der Waals surface area contributed by atoms with Gasteiger partial charge in [-0.2, -0.15) is 5.10 Å². The molecule has 1 amide bonds. The molecular formula is C15H14N6O. The molecule has 7 heteroatoms. The van der Waals surface area contributed by atoms with Crippen molar-refractivity contribution in [1.29, 1.82) is 0 Å². The van der Waals surface area contributed by atoms with Gasteiger partial charge in [-0.15, -0.1) is 0 Å². The lowest BCUT2D eigenvalue weighted by Gasteiger charge is -2.03. The van der Waals surface area contributed by atoms with Crippen LogP contribution in [0.5, 0.6) is 0 Å². The first-order valence-corrected chi connectivity index (χ1v) is 6.78. The third-order valence-electron chi connectivity index (χ3n) is 3.04. The standard InChI is InChI=1S/C15H14N6O/c22-14(18-10-11-1-5-16-6-2-11)9-13-19-15(21-20-13)12-3-7-17-8-4-12/h1-8H,9-10H2,(H,18,22)(H,19,20,21). The predicted molar refractivity (Wildman–Crippen MR) is 79.4 cm³/mol. The first kappa shape index (κ1) is 13.9. The van der Waals surface area contributed by atoms with E-state index in [2.05, 4.69) is 30.5 Å². The average Bonchev–Trinajstić information content (AvgIpc) is 3.03. The fraction of sp³-hybridized carbons (Fsp3) is 0.133. The molecule has 3 rings (SSSR count). The van der Waals surface area contributed by atoms with Gasteiger partial charge in [-0.05, 0) is 29.8 Å². The molecule has 3 aromatic rings. The lowest BCUT2D eigenvalue weighted by Crippen LogP contribution is -2.25. The van der Waals surface area contributed by atoms with Gasteiger partial charge in [0.2, 0.25) is 5.91 Å². The van der Waals surface area contributed by atoms with Crippen LogP contribution in [0, 0.1) is 0 Å². The van der Waals surface area contributed by atoms with Crippen LogP contribution < -0.4 is 5.32 Å². The fourth-order valence-corrected chi connectivity index (χ4v) is 1.92. The first-order chi connectivity index (χ1) is 10.8. The molecule has 3 heterocycles. The second kappa shape index (κ2) is 6.57. The van der Waals surface area contributed by atoms with Gasteiger partial charge < -0.3 is 5.32 Å². The normalized spacial score (nSPS) is 10.4. The Morgan fingerprint density at radius 1 is 1.05 bits per heavy atom. The zero-order valence-electron chi connectivity index (χ0n) is 11.7. The number of rotatable bonds is 5. The summed E-state index contributed by atoms with van der Waals surface area (Å²) in [4.78, 5) is 24.1. The number of pyridine rings is 2. The molecule has 0 bridgehead atoms. The molecule has 0 saturated carbocycles. The average molecular weight is 294 g/mol. The van der Waals surface area contributed by atoms with Gasteiger partial charge in [-0.1, -0.05) is 0 Å². The molecule has 0 unspecified atom stereocenters. The van der Waals surface area contributed by atoms with Gasteiger partial charge in [0.25, 0.3) is 0 Å². The first-order valence-electron chi connectivity index (χ1n) is 6.78. The quantitative estimate of drug-likeness (QED) is 0.735. The molecular weight excluding hydrogens is 280 g/mol. The zero-order chi connectivity index (χ0) is 15.2.